The van der Waals surface area contributed by atoms with Crippen molar-refractivity contribution >= 4 is 17.6 Å². The van der Waals surface area contributed by atoms with Crippen LogP contribution in [0.1, 0.15) is 61.8 Å². The molecule has 0 unspecified atom stereocenters. The Morgan fingerprint density at radius 2 is 1.87 bits per heavy atom. The standard InChI is InChI=1S/C28H32F2N6O3/c1-15(2)36-22(10-11-32-36)27(37)35-25(24(17-4-5-17)18-6-7-18)28(38)34-23-9-8-20(26(30)33-23)21-12-19(39-14-29)13-31-16(21)3/h8-13,15,17-18,24-25H,4-7,14H2,1-3H3,(H,35,37)(H,33,34,38)/p+1/t25-/m0/s1. The summed E-state index contributed by atoms with van der Waals surface area (Å²) in [6, 6.07) is 5.42. The number of pyridine rings is 2. The molecule has 0 radical (unpaired) electrons. The lowest BCUT2D eigenvalue weighted by atomic mass is 9.88. The van der Waals surface area contributed by atoms with Gasteiger partial charge in [-0.1, -0.05) is 0 Å². The lowest BCUT2D eigenvalue weighted by Gasteiger charge is -2.25. The van der Waals surface area contributed by atoms with Crippen LogP contribution >= 0.6 is 0 Å². The first-order valence-corrected chi connectivity index (χ1v) is 13.3. The predicted molar refractivity (Wildman–Crippen MR) is 139 cm³/mol. The van der Waals surface area contributed by atoms with E-state index in [-0.39, 0.29) is 35.0 Å². The maximum atomic E-state index is 15.2. The van der Waals surface area contributed by atoms with Crippen LogP contribution in [0.2, 0.25) is 0 Å². The molecule has 2 aliphatic carbocycles. The summed E-state index contributed by atoms with van der Waals surface area (Å²) in [6.07, 6.45) is 7.04. The number of carbonyl (C=O) groups is 2. The van der Waals surface area contributed by atoms with Gasteiger partial charge < -0.3 is 10.1 Å². The van der Waals surface area contributed by atoms with Gasteiger partial charge >= 0.3 is 5.91 Å². The van der Waals surface area contributed by atoms with Crippen LogP contribution in [0, 0.1) is 30.6 Å². The fraction of sp³-hybridized carbons (Fsp3) is 0.464. The van der Waals surface area contributed by atoms with Gasteiger partial charge in [0.2, 0.25) is 6.86 Å². The van der Waals surface area contributed by atoms with Crippen LogP contribution in [0.25, 0.3) is 11.1 Å². The summed E-state index contributed by atoms with van der Waals surface area (Å²) in [5.74, 6) is -0.364. The third-order valence-corrected chi connectivity index (χ3v) is 7.41. The highest BCUT2D eigenvalue weighted by Gasteiger charge is 2.49. The van der Waals surface area contributed by atoms with Gasteiger partial charge in [-0.25, -0.2) is 19.5 Å². The summed E-state index contributed by atoms with van der Waals surface area (Å²) in [4.78, 5) is 33.7. The molecule has 2 aliphatic rings. The number of aromatic nitrogens is 4. The van der Waals surface area contributed by atoms with Gasteiger partial charge in [-0.15, -0.1) is 0 Å². The Morgan fingerprint density at radius 1 is 1.15 bits per heavy atom. The maximum Gasteiger partial charge on any atom is 0.330 e. The van der Waals surface area contributed by atoms with Crippen molar-refractivity contribution in [1.29, 1.82) is 0 Å². The number of amides is 2. The van der Waals surface area contributed by atoms with Gasteiger partial charge in [0.15, 0.2) is 0 Å². The Hall–Kier alpha value is -3.89. The van der Waals surface area contributed by atoms with Crippen LogP contribution in [-0.2, 0) is 4.79 Å². The molecule has 2 fully saturated rings. The van der Waals surface area contributed by atoms with Crippen molar-refractivity contribution in [2.45, 2.75) is 58.5 Å². The smallest absolute Gasteiger partial charge is 0.330 e. The number of hydrogen-bond acceptors (Lipinski definition) is 5. The number of anilines is 1. The van der Waals surface area contributed by atoms with Crippen molar-refractivity contribution < 1.29 is 28.1 Å². The van der Waals surface area contributed by atoms with E-state index in [0.29, 0.717) is 28.8 Å². The SMILES string of the molecule is Cc1ncc(OCF)cc1-c1ccc(NC(=O)[C@@H](NC(=O)c2ccnn2C(C)C)C(C2CC2)C2CC2)[nH+]c1F. The molecule has 0 aromatic carbocycles. The average Bonchev–Trinajstić information content (AvgIpc) is 3.84. The van der Waals surface area contributed by atoms with Gasteiger partial charge in [-0.3, -0.25) is 14.5 Å². The molecule has 9 nitrogen and oxygen atoms in total. The zero-order valence-corrected chi connectivity index (χ0v) is 22.2. The third-order valence-electron chi connectivity index (χ3n) is 7.41. The second-order valence-electron chi connectivity index (χ2n) is 10.6. The highest BCUT2D eigenvalue weighted by atomic mass is 19.1. The van der Waals surface area contributed by atoms with Gasteiger partial charge in [0.1, 0.15) is 17.5 Å². The van der Waals surface area contributed by atoms with Crippen LogP contribution in [0.4, 0.5) is 14.6 Å². The van der Waals surface area contributed by atoms with E-state index in [2.05, 4.69) is 25.7 Å². The average molecular weight is 540 g/mol. The summed E-state index contributed by atoms with van der Waals surface area (Å²) in [5.41, 5.74) is 1.55. The first-order valence-electron chi connectivity index (χ1n) is 13.3. The number of halogens is 2. The Kier molecular flexibility index (Phi) is 7.58. The van der Waals surface area contributed by atoms with Crippen LogP contribution in [-0.4, -0.2) is 39.5 Å². The minimum Gasteiger partial charge on any atom is -0.461 e. The number of alkyl halides is 1. The number of rotatable bonds is 11. The van der Waals surface area contributed by atoms with Gasteiger partial charge in [0, 0.05) is 29.6 Å². The molecule has 11 heteroatoms. The molecule has 1 atom stereocenters. The molecule has 0 saturated heterocycles. The first kappa shape index (κ1) is 26.7. The Morgan fingerprint density at radius 3 is 2.49 bits per heavy atom. The number of aromatic amines is 1. The number of aryl methyl sites for hydroxylation is 1. The minimum atomic E-state index is -1.02. The number of nitrogens with one attached hydrogen (secondary N) is 3. The highest BCUT2D eigenvalue weighted by molar-refractivity contribution is 6.00. The lowest BCUT2D eigenvalue weighted by Crippen LogP contribution is -2.50. The number of ether oxygens (including phenoxy) is 1. The number of nitrogens with zero attached hydrogens (tertiary/aromatic N) is 3. The van der Waals surface area contributed by atoms with Crippen molar-refractivity contribution in [1.82, 2.24) is 20.1 Å². The van der Waals surface area contributed by atoms with Crippen LogP contribution < -0.4 is 20.4 Å². The molecule has 3 N–H and O–H groups in total. The summed E-state index contributed by atoms with van der Waals surface area (Å²) < 4.78 is 34.3. The monoisotopic (exact) mass is 539 g/mol. The quantitative estimate of drug-likeness (QED) is 0.354. The Balaban J connectivity index is 1.38. The molecule has 39 heavy (non-hydrogen) atoms. The molecule has 5 rings (SSSR count). The van der Waals surface area contributed by atoms with Crippen LogP contribution in [0.15, 0.2) is 36.7 Å². The molecular formula is C28H33F2N6O3+. The molecule has 3 aromatic rings. The Bertz CT molecular complexity index is 1360. The topological polar surface area (TPSA) is 112 Å². The third kappa shape index (κ3) is 5.91. The lowest BCUT2D eigenvalue weighted by molar-refractivity contribution is -0.404. The second kappa shape index (κ2) is 11.1. The molecule has 3 aromatic heterocycles. The van der Waals surface area contributed by atoms with E-state index in [0.717, 1.165) is 25.7 Å². The molecule has 0 aliphatic heterocycles. The van der Waals surface area contributed by atoms with Crippen LogP contribution in [0.3, 0.4) is 0 Å². The van der Waals surface area contributed by atoms with Gasteiger partial charge in [-0.05, 0) is 82.4 Å². The van der Waals surface area contributed by atoms with E-state index >= 15 is 4.39 Å². The van der Waals surface area contributed by atoms with Crippen molar-refractivity contribution in [2.24, 2.45) is 17.8 Å². The maximum absolute atomic E-state index is 15.2. The molecule has 2 saturated carbocycles. The van der Waals surface area contributed by atoms with E-state index in [1.807, 2.05) is 13.8 Å². The van der Waals surface area contributed by atoms with Crippen molar-refractivity contribution in [3.63, 3.8) is 0 Å². The summed E-state index contributed by atoms with van der Waals surface area (Å²) >= 11 is 0. The molecule has 3 heterocycles. The van der Waals surface area contributed by atoms with E-state index < -0.39 is 24.8 Å². The Labute approximate surface area is 225 Å². The molecule has 206 valence electrons. The van der Waals surface area contributed by atoms with Crippen molar-refractivity contribution in [3.8, 4) is 16.9 Å². The number of carbonyl (C=O) groups excluding carboxylic acids is 2. The summed E-state index contributed by atoms with van der Waals surface area (Å²) in [5, 5.41) is 10.0. The van der Waals surface area contributed by atoms with Gasteiger partial charge in [0.05, 0.1) is 11.8 Å². The largest absolute Gasteiger partial charge is 0.461 e. The molecule has 2 amide bonds. The predicted octanol–water partition coefficient (Wildman–Crippen LogP) is 4.27. The fourth-order valence-electron chi connectivity index (χ4n) is 5.24. The zero-order chi connectivity index (χ0) is 27.7. The minimum absolute atomic E-state index is 0.0143. The van der Waals surface area contributed by atoms with E-state index in [9.17, 15) is 14.0 Å². The highest BCUT2D eigenvalue weighted by Crippen LogP contribution is 2.51. The van der Waals surface area contributed by atoms with Crippen molar-refractivity contribution in [3.05, 3.63) is 54.0 Å². The number of H-pyrrole nitrogens is 1. The van der Waals surface area contributed by atoms with E-state index in [1.165, 1.54) is 18.3 Å². The zero-order valence-electron chi connectivity index (χ0n) is 22.2. The second-order valence-corrected chi connectivity index (χ2v) is 10.6. The summed E-state index contributed by atoms with van der Waals surface area (Å²) in [6.45, 7) is 4.55. The fourth-order valence-corrected chi connectivity index (χ4v) is 5.24. The number of hydrogen-bond donors (Lipinski definition) is 2. The van der Waals surface area contributed by atoms with E-state index in [1.54, 1.807) is 29.9 Å². The molecule has 0 spiro atoms. The summed E-state index contributed by atoms with van der Waals surface area (Å²) in [7, 11) is 0. The van der Waals surface area contributed by atoms with Crippen LogP contribution in [0.5, 0.6) is 5.75 Å². The molecular weight excluding hydrogens is 506 g/mol. The van der Waals surface area contributed by atoms with Gasteiger partial charge in [-0.2, -0.15) is 9.49 Å². The molecule has 0 bridgehead atoms. The van der Waals surface area contributed by atoms with Crippen molar-refractivity contribution in [2.75, 3.05) is 12.2 Å². The normalized spacial score (nSPS) is 15.9. The van der Waals surface area contributed by atoms with E-state index in [4.69, 9.17) is 4.74 Å². The van der Waals surface area contributed by atoms with Gasteiger partial charge in [0.25, 0.3) is 17.7 Å². The first-order chi connectivity index (χ1) is 18.8.